The van der Waals surface area contributed by atoms with E-state index >= 15 is 0 Å². The highest BCUT2D eigenvalue weighted by molar-refractivity contribution is 6.09. The lowest BCUT2D eigenvalue weighted by molar-refractivity contribution is 0.168. The van der Waals surface area contributed by atoms with E-state index in [4.69, 9.17) is 4.74 Å². The molecule has 0 radical (unpaired) electrons. The number of alkyl halides is 1. The zero-order valence-corrected chi connectivity index (χ0v) is 17.2. The van der Waals surface area contributed by atoms with Crippen molar-refractivity contribution in [3.05, 3.63) is 30.2 Å². The maximum atomic E-state index is 12.6. The Morgan fingerprint density at radius 3 is 2.79 bits per heavy atom. The second-order valence-corrected chi connectivity index (χ2v) is 7.57. The van der Waals surface area contributed by atoms with Gasteiger partial charge in [0.2, 0.25) is 0 Å². The minimum atomic E-state index is -0.251. The van der Waals surface area contributed by atoms with Crippen molar-refractivity contribution in [3.8, 4) is 11.8 Å². The van der Waals surface area contributed by atoms with Crippen LogP contribution in [-0.2, 0) is 0 Å². The highest BCUT2D eigenvalue weighted by Crippen LogP contribution is 2.35. The number of nitriles is 1. The minimum absolute atomic E-state index is 0.000507. The molecule has 3 aromatic rings. The number of pyridine rings is 2. The fourth-order valence-corrected chi connectivity index (χ4v) is 3.97. The van der Waals surface area contributed by atoms with Gasteiger partial charge in [-0.2, -0.15) is 5.26 Å². The number of hydrogen-bond acceptors (Lipinski definition) is 4. The van der Waals surface area contributed by atoms with Crippen LogP contribution >= 0.6 is 0 Å². The molecule has 0 aliphatic rings. The summed E-state index contributed by atoms with van der Waals surface area (Å²) in [5.41, 5.74) is 1.87. The van der Waals surface area contributed by atoms with Crippen molar-refractivity contribution in [1.82, 2.24) is 15.0 Å². The van der Waals surface area contributed by atoms with Gasteiger partial charge >= 0.3 is 0 Å². The van der Waals surface area contributed by atoms with Crippen molar-refractivity contribution >= 4 is 21.9 Å². The molecule has 0 aliphatic carbocycles. The SMILES string of the molecule is CCCC(CCC(CC)CCCF)Oc1c(C#N)ncc2[nH]c3ncccc3c12. The van der Waals surface area contributed by atoms with Gasteiger partial charge in [0.25, 0.3) is 0 Å². The van der Waals surface area contributed by atoms with Crippen molar-refractivity contribution in [3.63, 3.8) is 0 Å². The third kappa shape index (κ3) is 4.84. The summed E-state index contributed by atoms with van der Waals surface area (Å²) in [6.07, 6.45) is 9.79. The maximum absolute atomic E-state index is 12.6. The third-order valence-corrected chi connectivity index (χ3v) is 5.59. The Labute approximate surface area is 171 Å². The molecule has 2 atom stereocenters. The first-order valence-corrected chi connectivity index (χ1v) is 10.6. The van der Waals surface area contributed by atoms with Crippen LogP contribution in [0, 0.1) is 17.2 Å². The van der Waals surface area contributed by atoms with E-state index in [1.54, 1.807) is 12.4 Å². The van der Waals surface area contributed by atoms with Gasteiger partial charge in [-0.1, -0.05) is 26.7 Å². The maximum Gasteiger partial charge on any atom is 0.183 e. The summed E-state index contributed by atoms with van der Waals surface area (Å²) in [7, 11) is 0. The molecule has 0 fully saturated rings. The molecule has 0 amide bonds. The highest BCUT2D eigenvalue weighted by Gasteiger charge is 2.20. The molecular weight excluding hydrogens is 367 g/mol. The molecule has 5 nitrogen and oxygen atoms in total. The normalized spacial score (nSPS) is 13.4. The second kappa shape index (κ2) is 10.2. The van der Waals surface area contributed by atoms with Gasteiger partial charge in [0.15, 0.2) is 11.4 Å². The van der Waals surface area contributed by atoms with Gasteiger partial charge in [-0.05, 0) is 50.2 Å². The number of rotatable bonds is 11. The summed E-state index contributed by atoms with van der Waals surface area (Å²) < 4.78 is 19.0. The van der Waals surface area contributed by atoms with Gasteiger partial charge in [0.1, 0.15) is 11.7 Å². The van der Waals surface area contributed by atoms with E-state index in [9.17, 15) is 9.65 Å². The Hall–Kier alpha value is -2.68. The third-order valence-electron chi connectivity index (χ3n) is 5.59. The molecule has 0 aromatic carbocycles. The van der Waals surface area contributed by atoms with Crippen molar-refractivity contribution in [2.24, 2.45) is 5.92 Å². The standard InChI is InChI=1S/C23H29FN4O/c1-3-7-17(11-10-16(4-2)8-5-12-24)29-22-19(14-25)27-15-20-21(22)18-9-6-13-26-23(18)28-20/h6,9,13,15-17H,3-5,7-8,10-12H2,1-2H3,(H,26,28). The Bertz CT molecular complexity index is 978. The number of H-pyrrole nitrogens is 1. The second-order valence-electron chi connectivity index (χ2n) is 7.57. The van der Waals surface area contributed by atoms with Crippen molar-refractivity contribution < 1.29 is 9.13 Å². The lowest BCUT2D eigenvalue weighted by atomic mass is 9.93. The molecule has 3 aromatic heterocycles. The quantitative estimate of drug-likeness (QED) is 0.426. The fraction of sp³-hybridized carbons (Fsp3) is 0.522. The van der Waals surface area contributed by atoms with E-state index < -0.39 is 0 Å². The van der Waals surface area contributed by atoms with E-state index in [1.165, 1.54) is 0 Å². The van der Waals surface area contributed by atoms with Crippen LogP contribution < -0.4 is 4.74 Å². The van der Waals surface area contributed by atoms with Crippen LogP contribution in [0.25, 0.3) is 21.9 Å². The molecule has 0 saturated carbocycles. The van der Waals surface area contributed by atoms with Crippen LogP contribution in [0.5, 0.6) is 5.75 Å². The molecule has 3 rings (SSSR count). The first kappa shape index (κ1) is 21.0. The first-order valence-electron chi connectivity index (χ1n) is 10.6. The minimum Gasteiger partial charge on any atom is -0.487 e. The van der Waals surface area contributed by atoms with Crippen LogP contribution in [0.1, 0.15) is 64.5 Å². The highest BCUT2D eigenvalue weighted by atomic mass is 19.1. The van der Waals surface area contributed by atoms with Crippen molar-refractivity contribution in [2.75, 3.05) is 6.67 Å². The number of nitrogens with zero attached hydrogens (tertiary/aromatic N) is 3. The Kier molecular flexibility index (Phi) is 7.40. The summed E-state index contributed by atoms with van der Waals surface area (Å²) in [5.74, 6) is 1.05. The van der Waals surface area contributed by atoms with Gasteiger partial charge in [-0.3, -0.25) is 4.39 Å². The van der Waals surface area contributed by atoms with E-state index in [0.717, 1.165) is 60.5 Å². The average Bonchev–Trinajstić information content (AvgIpc) is 3.13. The van der Waals surface area contributed by atoms with Gasteiger partial charge in [-0.15, -0.1) is 0 Å². The smallest absolute Gasteiger partial charge is 0.183 e. The largest absolute Gasteiger partial charge is 0.487 e. The van der Waals surface area contributed by atoms with Crippen LogP contribution in [-0.4, -0.2) is 27.7 Å². The van der Waals surface area contributed by atoms with Crippen LogP contribution in [0.3, 0.4) is 0 Å². The van der Waals surface area contributed by atoms with E-state index in [-0.39, 0.29) is 12.8 Å². The van der Waals surface area contributed by atoms with Gasteiger partial charge in [-0.25, -0.2) is 9.97 Å². The van der Waals surface area contributed by atoms with Crippen LogP contribution in [0.15, 0.2) is 24.5 Å². The van der Waals surface area contributed by atoms with Crippen molar-refractivity contribution in [1.29, 1.82) is 5.26 Å². The molecule has 6 heteroatoms. The molecule has 2 unspecified atom stereocenters. The Balaban J connectivity index is 1.90. The monoisotopic (exact) mass is 396 g/mol. The van der Waals surface area contributed by atoms with E-state index in [2.05, 4.69) is 34.9 Å². The summed E-state index contributed by atoms with van der Waals surface area (Å²) in [4.78, 5) is 11.9. The fourth-order valence-electron chi connectivity index (χ4n) is 3.97. The number of ether oxygens (including phenoxy) is 1. The van der Waals surface area contributed by atoms with Crippen LogP contribution in [0.2, 0.25) is 0 Å². The average molecular weight is 397 g/mol. The molecule has 0 spiro atoms. The predicted molar refractivity (Wildman–Crippen MR) is 114 cm³/mol. The molecule has 154 valence electrons. The molecule has 0 bridgehead atoms. The molecular formula is C23H29FN4O. The molecule has 0 saturated heterocycles. The van der Waals surface area contributed by atoms with Crippen molar-refractivity contribution in [2.45, 2.75) is 64.9 Å². The van der Waals surface area contributed by atoms with E-state index in [0.29, 0.717) is 23.8 Å². The number of hydrogen-bond donors (Lipinski definition) is 1. The number of fused-ring (bicyclic) bond motifs is 3. The van der Waals surface area contributed by atoms with Gasteiger partial charge < -0.3 is 9.72 Å². The summed E-state index contributed by atoms with van der Waals surface area (Å²) >= 11 is 0. The first-order chi connectivity index (χ1) is 14.2. The lowest BCUT2D eigenvalue weighted by Gasteiger charge is -2.22. The topological polar surface area (TPSA) is 74.6 Å². The van der Waals surface area contributed by atoms with Gasteiger partial charge in [0, 0.05) is 11.6 Å². The number of halogens is 1. The zero-order valence-electron chi connectivity index (χ0n) is 17.2. The number of aromatic nitrogens is 3. The lowest BCUT2D eigenvalue weighted by Crippen LogP contribution is -2.19. The molecule has 29 heavy (non-hydrogen) atoms. The Morgan fingerprint density at radius 1 is 1.21 bits per heavy atom. The predicted octanol–water partition coefficient (Wildman–Crippen LogP) is 6.09. The molecule has 3 heterocycles. The summed E-state index contributed by atoms with van der Waals surface area (Å²) in [6.45, 7) is 4.05. The summed E-state index contributed by atoms with van der Waals surface area (Å²) in [5, 5.41) is 11.4. The summed E-state index contributed by atoms with van der Waals surface area (Å²) in [6, 6.07) is 6.04. The zero-order chi connectivity index (χ0) is 20.6. The van der Waals surface area contributed by atoms with Gasteiger partial charge in [0.05, 0.1) is 29.9 Å². The van der Waals surface area contributed by atoms with E-state index in [1.807, 2.05) is 12.1 Å². The molecule has 1 N–H and O–H groups in total. The number of nitrogens with one attached hydrogen (secondary N) is 1. The number of aromatic amines is 1. The van der Waals surface area contributed by atoms with Crippen LogP contribution in [0.4, 0.5) is 4.39 Å². The molecule has 0 aliphatic heterocycles. The Morgan fingerprint density at radius 2 is 2.07 bits per heavy atom.